The Kier molecular flexibility index (Phi) is 6.61. The number of amides is 1. The van der Waals surface area contributed by atoms with Gasteiger partial charge in [0.2, 0.25) is 0 Å². The Balaban J connectivity index is 3.52. The maximum atomic E-state index is 11.2. The molecule has 0 bridgehead atoms. The molecular formula is C12H23NO4. The Bertz CT molecular complexity index is 258. The molecule has 0 rings (SSSR count). The highest BCUT2D eigenvalue weighted by molar-refractivity contribution is 5.69. The zero-order valence-corrected chi connectivity index (χ0v) is 11.1. The minimum absolute atomic E-state index is 0.323. The van der Waals surface area contributed by atoms with Crippen LogP contribution in [0.1, 0.15) is 47.0 Å². The molecule has 0 heterocycles. The second-order valence-electron chi connectivity index (χ2n) is 5.16. The number of rotatable bonds is 6. The monoisotopic (exact) mass is 245 g/mol. The zero-order valence-electron chi connectivity index (χ0n) is 11.1. The molecular weight excluding hydrogens is 222 g/mol. The number of alkyl carbamates (subject to hydrolysis) is 1. The van der Waals surface area contributed by atoms with Crippen LogP contribution in [-0.2, 0) is 9.53 Å². The number of carbonyl (C=O) groups is 2. The molecule has 5 nitrogen and oxygen atoms in total. The first-order chi connectivity index (χ1) is 7.72. The van der Waals surface area contributed by atoms with Gasteiger partial charge < -0.3 is 15.2 Å². The van der Waals surface area contributed by atoms with Crippen LogP contribution in [0.2, 0.25) is 0 Å². The molecule has 100 valence electrons. The summed E-state index contributed by atoms with van der Waals surface area (Å²) < 4.78 is 5.06. The van der Waals surface area contributed by atoms with Crippen LogP contribution in [0.4, 0.5) is 4.79 Å². The largest absolute Gasteiger partial charge is 0.481 e. The molecule has 0 aliphatic heterocycles. The fraction of sp³-hybridized carbons (Fsp3) is 0.833. The molecule has 0 fully saturated rings. The molecule has 0 aromatic heterocycles. The third-order valence-electron chi connectivity index (χ3n) is 2.15. The third kappa shape index (κ3) is 9.66. The number of ether oxygens (including phenoxy) is 1. The Hall–Kier alpha value is -1.26. The lowest BCUT2D eigenvalue weighted by Gasteiger charge is -2.19. The molecule has 0 aliphatic rings. The van der Waals surface area contributed by atoms with Crippen molar-refractivity contribution in [3.05, 3.63) is 0 Å². The first-order valence-corrected chi connectivity index (χ1v) is 5.92. The lowest BCUT2D eigenvalue weighted by atomic mass is 10.0. The van der Waals surface area contributed by atoms with E-state index < -0.39 is 17.7 Å². The summed E-state index contributed by atoms with van der Waals surface area (Å²) in [6, 6.07) is 0. The van der Waals surface area contributed by atoms with Crippen molar-refractivity contribution >= 4 is 12.1 Å². The van der Waals surface area contributed by atoms with Crippen LogP contribution in [0.25, 0.3) is 0 Å². The fourth-order valence-corrected chi connectivity index (χ4v) is 1.20. The number of unbranched alkanes of at least 4 members (excludes halogenated alkanes) is 1. The van der Waals surface area contributed by atoms with Crippen LogP contribution in [0.3, 0.4) is 0 Å². The summed E-state index contributed by atoms with van der Waals surface area (Å²) in [5.41, 5.74) is -0.484. The summed E-state index contributed by atoms with van der Waals surface area (Å²) in [4.78, 5) is 21.8. The molecule has 0 aromatic carbocycles. The Morgan fingerprint density at radius 3 is 2.35 bits per heavy atom. The number of carboxylic acids is 1. The number of nitrogens with one attached hydrogen (secondary N) is 1. The van der Waals surface area contributed by atoms with E-state index >= 15 is 0 Å². The highest BCUT2D eigenvalue weighted by Gasteiger charge is 2.15. The van der Waals surface area contributed by atoms with Gasteiger partial charge in [-0.15, -0.1) is 0 Å². The fourth-order valence-electron chi connectivity index (χ4n) is 1.20. The number of carbonyl (C=O) groups excluding carboxylic acids is 1. The molecule has 17 heavy (non-hydrogen) atoms. The molecule has 0 saturated heterocycles. The number of aliphatic carboxylic acids is 1. The molecule has 1 atom stereocenters. The Morgan fingerprint density at radius 1 is 1.29 bits per heavy atom. The number of hydrogen-bond donors (Lipinski definition) is 2. The predicted molar refractivity (Wildman–Crippen MR) is 64.9 cm³/mol. The topological polar surface area (TPSA) is 75.6 Å². The zero-order chi connectivity index (χ0) is 13.5. The standard InChI is InChI=1S/C12H23NO4/c1-9(10(14)15)7-5-6-8-13-11(16)17-12(2,3)4/h9H,5-8H2,1-4H3,(H,13,16)(H,14,15)/t9-/m0/s1. The van der Waals surface area contributed by atoms with E-state index in [-0.39, 0.29) is 5.92 Å². The quantitative estimate of drug-likeness (QED) is 0.704. The van der Waals surface area contributed by atoms with Gasteiger partial charge in [0.1, 0.15) is 5.60 Å². The summed E-state index contributed by atoms with van der Waals surface area (Å²) in [5, 5.41) is 11.3. The van der Waals surface area contributed by atoms with Crippen LogP contribution in [0.15, 0.2) is 0 Å². The minimum Gasteiger partial charge on any atom is -0.481 e. The predicted octanol–water partition coefficient (Wildman–Crippen LogP) is 2.40. The molecule has 1 amide bonds. The molecule has 0 saturated carbocycles. The van der Waals surface area contributed by atoms with Gasteiger partial charge >= 0.3 is 12.1 Å². The molecule has 0 aromatic rings. The average molecular weight is 245 g/mol. The summed E-state index contributed by atoms with van der Waals surface area (Å²) in [6.45, 7) is 7.62. The highest BCUT2D eigenvalue weighted by atomic mass is 16.6. The lowest BCUT2D eigenvalue weighted by molar-refractivity contribution is -0.141. The number of hydrogen-bond acceptors (Lipinski definition) is 3. The Labute approximate surface area is 103 Å². The van der Waals surface area contributed by atoms with Crippen molar-refractivity contribution in [3.63, 3.8) is 0 Å². The Morgan fingerprint density at radius 2 is 1.88 bits per heavy atom. The molecule has 2 N–H and O–H groups in total. The van der Waals surface area contributed by atoms with E-state index in [9.17, 15) is 9.59 Å². The summed E-state index contributed by atoms with van der Waals surface area (Å²) in [7, 11) is 0. The van der Waals surface area contributed by atoms with E-state index in [0.29, 0.717) is 13.0 Å². The molecule has 0 unspecified atom stereocenters. The third-order valence-corrected chi connectivity index (χ3v) is 2.15. The second-order valence-corrected chi connectivity index (χ2v) is 5.16. The summed E-state index contributed by atoms with van der Waals surface area (Å²) in [5.74, 6) is -1.10. The van der Waals surface area contributed by atoms with E-state index in [0.717, 1.165) is 12.8 Å². The van der Waals surface area contributed by atoms with Gasteiger partial charge in [-0.1, -0.05) is 13.3 Å². The van der Waals surface area contributed by atoms with Gasteiger partial charge in [0.05, 0.1) is 5.92 Å². The molecule has 0 radical (unpaired) electrons. The minimum atomic E-state index is -0.773. The maximum Gasteiger partial charge on any atom is 0.407 e. The van der Waals surface area contributed by atoms with Gasteiger partial charge in [-0.25, -0.2) is 4.79 Å². The average Bonchev–Trinajstić information content (AvgIpc) is 2.13. The van der Waals surface area contributed by atoms with Gasteiger partial charge in [-0.3, -0.25) is 4.79 Å². The van der Waals surface area contributed by atoms with E-state index in [1.807, 2.05) is 0 Å². The van der Waals surface area contributed by atoms with Crippen molar-refractivity contribution in [2.24, 2.45) is 5.92 Å². The summed E-state index contributed by atoms with van der Waals surface area (Å²) >= 11 is 0. The lowest BCUT2D eigenvalue weighted by Crippen LogP contribution is -2.33. The van der Waals surface area contributed by atoms with Crippen LogP contribution >= 0.6 is 0 Å². The van der Waals surface area contributed by atoms with Crippen molar-refractivity contribution in [1.82, 2.24) is 5.32 Å². The van der Waals surface area contributed by atoms with Gasteiger partial charge in [0.15, 0.2) is 0 Å². The summed E-state index contributed by atoms with van der Waals surface area (Å²) in [6.07, 6.45) is 1.75. The van der Waals surface area contributed by atoms with Crippen molar-refractivity contribution in [3.8, 4) is 0 Å². The number of carboxylic acid groups (broad SMARTS) is 1. The normalized spacial score (nSPS) is 12.9. The van der Waals surface area contributed by atoms with E-state index in [1.165, 1.54) is 0 Å². The smallest absolute Gasteiger partial charge is 0.407 e. The maximum absolute atomic E-state index is 11.2. The van der Waals surface area contributed by atoms with Crippen LogP contribution in [0.5, 0.6) is 0 Å². The highest BCUT2D eigenvalue weighted by Crippen LogP contribution is 2.08. The van der Waals surface area contributed by atoms with E-state index in [1.54, 1.807) is 27.7 Å². The molecule has 0 aliphatic carbocycles. The SMILES string of the molecule is C[C@@H](CCCCNC(=O)OC(C)(C)C)C(=O)O. The van der Waals surface area contributed by atoms with E-state index in [2.05, 4.69) is 5.32 Å². The van der Waals surface area contributed by atoms with Gasteiger partial charge in [0, 0.05) is 6.54 Å². The second kappa shape index (κ2) is 7.14. The first kappa shape index (κ1) is 15.7. The van der Waals surface area contributed by atoms with Gasteiger partial charge in [0.25, 0.3) is 0 Å². The van der Waals surface area contributed by atoms with Crippen LogP contribution < -0.4 is 5.32 Å². The molecule has 0 spiro atoms. The first-order valence-electron chi connectivity index (χ1n) is 5.92. The van der Waals surface area contributed by atoms with Crippen molar-refractivity contribution in [1.29, 1.82) is 0 Å². The van der Waals surface area contributed by atoms with E-state index in [4.69, 9.17) is 9.84 Å². The van der Waals surface area contributed by atoms with Crippen LogP contribution in [0, 0.1) is 5.92 Å². The van der Waals surface area contributed by atoms with Gasteiger partial charge in [-0.2, -0.15) is 0 Å². The van der Waals surface area contributed by atoms with Crippen molar-refractivity contribution in [2.75, 3.05) is 6.54 Å². The van der Waals surface area contributed by atoms with Crippen molar-refractivity contribution < 1.29 is 19.4 Å². The van der Waals surface area contributed by atoms with Crippen LogP contribution in [-0.4, -0.2) is 29.3 Å². The molecule has 5 heteroatoms. The van der Waals surface area contributed by atoms with Gasteiger partial charge in [-0.05, 0) is 33.6 Å². The van der Waals surface area contributed by atoms with Crippen molar-refractivity contribution in [2.45, 2.75) is 52.6 Å².